The molecule has 21 heavy (non-hydrogen) atoms. The van der Waals surface area contributed by atoms with E-state index < -0.39 is 6.10 Å². The van der Waals surface area contributed by atoms with Crippen LogP contribution in [-0.2, 0) is 0 Å². The summed E-state index contributed by atoms with van der Waals surface area (Å²) in [5, 5.41) is 17.1. The number of nitrogens with zero attached hydrogens (tertiary/aromatic N) is 2. The molecule has 0 saturated heterocycles. The number of hydrogen-bond donors (Lipinski definition) is 2. The monoisotopic (exact) mass is 291 g/mol. The van der Waals surface area contributed by atoms with Gasteiger partial charge >= 0.3 is 0 Å². The number of hydrogen-bond acceptors (Lipinski definition) is 5. The highest BCUT2D eigenvalue weighted by molar-refractivity contribution is 6.05. The molecule has 2 rings (SSSR count). The summed E-state index contributed by atoms with van der Waals surface area (Å²) < 4.78 is 5.11. The van der Waals surface area contributed by atoms with Crippen LogP contribution in [0.4, 0.5) is 0 Å². The fourth-order valence-electron chi connectivity index (χ4n) is 2.16. The summed E-state index contributed by atoms with van der Waals surface area (Å²) in [6.45, 7) is 7.90. The molecule has 0 spiro atoms. The lowest BCUT2D eigenvalue weighted by atomic mass is 10.0. The van der Waals surface area contributed by atoms with Crippen molar-refractivity contribution in [1.29, 1.82) is 0 Å². The lowest BCUT2D eigenvalue weighted by Crippen LogP contribution is -2.29. The van der Waals surface area contributed by atoms with Crippen molar-refractivity contribution in [3.8, 4) is 0 Å². The van der Waals surface area contributed by atoms with Crippen molar-refractivity contribution in [3.05, 3.63) is 23.0 Å². The van der Waals surface area contributed by atoms with E-state index >= 15 is 0 Å². The van der Waals surface area contributed by atoms with Crippen molar-refractivity contribution < 1.29 is 14.4 Å². The summed E-state index contributed by atoms with van der Waals surface area (Å²) in [5.74, 6) is -0.0233. The lowest BCUT2D eigenvalue weighted by Gasteiger charge is -2.14. The van der Waals surface area contributed by atoms with E-state index in [9.17, 15) is 9.90 Å². The normalized spacial score (nSPS) is 12.9. The van der Waals surface area contributed by atoms with Crippen molar-refractivity contribution in [3.63, 3.8) is 0 Å². The zero-order valence-electron chi connectivity index (χ0n) is 12.8. The summed E-state index contributed by atoms with van der Waals surface area (Å²) in [7, 11) is 0. The molecule has 1 amide bonds. The molecule has 0 aliphatic carbocycles. The van der Waals surface area contributed by atoms with Crippen molar-refractivity contribution >= 4 is 17.0 Å². The van der Waals surface area contributed by atoms with Crippen molar-refractivity contribution in [2.24, 2.45) is 5.92 Å². The number of aliphatic hydroxyl groups is 1. The topological polar surface area (TPSA) is 88.2 Å². The number of fused-ring (bicyclic) bond motifs is 1. The summed E-state index contributed by atoms with van der Waals surface area (Å²) in [4.78, 5) is 16.5. The minimum absolute atomic E-state index is 0.178. The first kappa shape index (κ1) is 15.4. The number of aliphatic hydroxyl groups excluding tert-OH is 1. The van der Waals surface area contributed by atoms with Gasteiger partial charge in [0.05, 0.1) is 22.7 Å². The van der Waals surface area contributed by atoms with Gasteiger partial charge in [0.2, 0.25) is 0 Å². The van der Waals surface area contributed by atoms with E-state index in [0.717, 1.165) is 0 Å². The molecule has 0 fully saturated rings. The Morgan fingerprint density at radius 2 is 2.14 bits per heavy atom. The maximum Gasteiger partial charge on any atom is 0.258 e. The number of aromatic nitrogens is 2. The molecule has 0 aromatic carbocycles. The number of rotatable bonds is 5. The lowest BCUT2D eigenvalue weighted by molar-refractivity contribution is 0.0921. The van der Waals surface area contributed by atoms with E-state index in [4.69, 9.17) is 4.52 Å². The third-order valence-electron chi connectivity index (χ3n) is 3.49. The second-order valence-corrected chi connectivity index (χ2v) is 5.62. The highest BCUT2D eigenvalue weighted by Gasteiger charge is 2.18. The molecule has 2 heterocycles. The molecule has 0 saturated carbocycles. The molecule has 2 N–H and O–H groups in total. The van der Waals surface area contributed by atoms with Crippen LogP contribution in [0.5, 0.6) is 0 Å². The second kappa shape index (κ2) is 6.22. The molecule has 2 aromatic rings. The van der Waals surface area contributed by atoms with Crippen LogP contribution in [0.1, 0.15) is 42.0 Å². The Bertz CT molecular complexity index is 649. The quantitative estimate of drug-likeness (QED) is 0.879. The Kier molecular flexibility index (Phi) is 4.57. The van der Waals surface area contributed by atoms with Gasteiger partial charge in [-0.2, -0.15) is 0 Å². The SMILES string of the molecule is Cc1cc(C(=O)NCCC(O)C(C)C)c2c(C)noc2n1. The van der Waals surface area contributed by atoms with Gasteiger partial charge in [-0.3, -0.25) is 4.79 Å². The first-order valence-corrected chi connectivity index (χ1v) is 7.10. The van der Waals surface area contributed by atoms with Gasteiger partial charge in [-0.15, -0.1) is 0 Å². The summed E-state index contributed by atoms with van der Waals surface area (Å²) >= 11 is 0. The van der Waals surface area contributed by atoms with Gasteiger partial charge in [-0.05, 0) is 32.3 Å². The molecule has 1 atom stereocenters. The van der Waals surface area contributed by atoms with E-state index in [2.05, 4.69) is 15.5 Å². The van der Waals surface area contributed by atoms with Gasteiger partial charge < -0.3 is 14.9 Å². The molecular formula is C15H21N3O3. The van der Waals surface area contributed by atoms with E-state index in [1.54, 1.807) is 19.9 Å². The number of nitrogens with one attached hydrogen (secondary N) is 1. The Morgan fingerprint density at radius 3 is 2.81 bits per heavy atom. The summed E-state index contributed by atoms with van der Waals surface area (Å²) in [6, 6.07) is 1.72. The van der Waals surface area contributed by atoms with E-state index in [1.807, 2.05) is 13.8 Å². The van der Waals surface area contributed by atoms with Gasteiger partial charge in [0.1, 0.15) is 0 Å². The second-order valence-electron chi connectivity index (χ2n) is 5.62. The number of carbonyl (C=O) groups excluding carboxylic acids is 1. The molecule has 114 valence electrons. The van der Waals surface area contributed by atoms with Gasteiger partial charge in [0, 0.05) is 12.2 Å². The zero-order valence-corrected chi connectivity index (χ0v) is 12.8. The Morgan fingerprint density at radius 1 is 1.43 bits per heavy atom. The Balaban J connectivity index is 2.14. The molecule has 1 unspecified atom stereocenters. The predicted octanol–water partition coefficient (Wildman–Crippen LogP) is 1.98. The maximum absolute atomic E-state index is 12.3. The van der Waals surface area contributed by atoms with E-state index in [-0.39, 0.29) is 11.8 Å². The summed E-state index contributed by atoms with van der Waals surface area (Å²) in [6.07, 6.45) is 0.112. The predicted molar refractivity (Wildman–Crippen MR) is 79.1 cm³/mol. The van der Waals surface area contributed by atoms with Crippen LogP contribution in [0.25, 0.3) is 11.1 Å². The van der Waals surface area contributed by atoms with Crippen molar-refractivity contribution in [2.45, 2.75) is 40.2 Å². The van der Waals surface area contributed by atoms with Gasteiger partial charge in [0.25, 0.3) is 11.6 Å². The standard InChI is InChI=1S/C15H21N3O3/c1-8(2)12(19)5-6-16-14(20)11-7-9(3)17-15-13(11)10(4)18-21-15/h7-8,12,19H,5-6H2,1-4H3,(H,16,20). The van der Waals surface area contributed by atoms with Crippen molar-refractivity contribution in [1.82, 2.24) is 15.5 Å². The molecule has 6 heteroatoms. The highest BCUT2D eigenvalue weighted by Crippen LogP contribution is 2.21. The Labute approximate surface area is 123 Å². The minimum Gasteiger partial charge on any atom is -0.393 e. The number of carbonyl (C=O) groups is 1. The molecular weight excluding hydrogens is 270 g/mol. The van der Waals surface area contributed by atoms with Crippen LogP contribution < -0.4 is 5.32 Å². The first-order chi connectivity index (χ1) is 9.90. The van der Waals surface area contributed by atoms with E-state index in [1.165, 1.54) is 0 Å². The van der Waals surface area contributed by atoms with Crippen LogP contribution in [-0.4, -0.2) is 33.8 Å². The number of pyridine rings is 1. The fourth-order valence-corrected chi connectivity index (χ4v) is 2.16. The molecule has 6 nitrogen and oxygen atoms in total. The highest BCUT2D eigenvalue weighted by atomic mass is 16.5. The third kappa shape index (κ3) is 3.39. The molecule has 0 radical (unpaired) electrons. The minimum atomic E-state index is -0.415. The number of amides is 1. The van der Waals surface area contributed by atoms with Gasteiger partial charge in [-0.25, -0.2) is 4.98 Å². The van der Waals surface area contributed by atoms with Crippen LogP contribution >= 0.6 is 0 Å². The van der Waals surface area contributed by atoms with Gasteiger partial charge in [0.15, 0.2) is 0 Å². The average Bonchev–Trinajstić information content (AvgIpc) is 2.78. The van der Waals surface area contributed by atoms with Crippen LogP contribution in [0.15, 0.2) is 10.6 Å². The number of aryl methyl sites for hydroxylation is 2. The molecule has 0 aliphatic rings. The average molecular weight is 291 g/mol. The smallest absolute Gasteiger partial charge is 0.258 e. The molecule has 0 bridgehead atoms. The van der Waals surface area contributed by atoms with Crippen LogP contribution in [0.3, 0.4) is 0 Å². The van der Waals surface area contributed by atoms with Crippen molar-refractivity contribution in [2.75, 3.05) is 6.54 Å². The largest absolute Gasteiger partial charge is 0.393 e. The zero-order chi connectivity index (χ0) is 15.6. The Hall–Kier alpha value is -1.95. The van der Waals surface area contributed by atoms with E-state index in [0.29, 0.717) is 41.0 Å². The van der Waals surface area contributed by atoms with Crippen LogP contribution in [0, 0.1) is 19.8 Å². The molecule has 2 aromatic heterocycles. The maximum atomic E-state index is 12.3. The third-order valence-corrected chi connectivity index (χ3v) is 3.49. The molecule has 0 aliphatic heterocycles. The van der Waals surface area contributed by atoms with Gasteiger partial charge in [-0.1, -0.05) is 19.0 Å². The summed E-state index contributed by atoms with van der Waals surface area (Å²) in [5.41, 5.74) is 2.23. The van der Waals surface area contributed by atoms with Crippen LogP contribution in [0.2, 0.25) is 0 Å². The fraction of sp³-hybridized carbons (Fsp3) is 0.533. The first-order valence-electron chi connectivity index (χ1n) is 7.10.